The van der Waals surface area contributed by atoms with Crippen LogP contribution in [0.1, 0.15) is 5.69 Å². The first-order valence-corrected chi connectivity index (χ1v) is 7.68. The first kappa shape index (κ1) is 16.0. The molecule has 0 radical (unpaired) electrons. The molecule has 1 heterocycles. The topological polar surface area (TPSA) is 76.0 Å². The van der Waals surface area contributed by atoms with Gasteiger partial charge in [-0.3, -0.25) is 4.79 Å². The van der Waals surface area contributed by atoms with Crippen LogP contribution in [0.3, 0.4) is 0 Å². The van der Waals surface area contributed by atoms with Crippen LogP contribution in [0.4, 0.5) is 10.5 Å². The van der Waals surface area contributed by atoms with Crippen molar-refractivity contribution in [2.45, 2.75) is 6.54 Å². The molecule has 2 N–H and O–H groups in total. The predicted molar refractivity (Wildman–Crippen MR) is 94.3 cm³/mol. The number of amides is 2. The van der Waals surface area contributed by atoms with E-state index >= 15 is 0 Å². The van der Waals surface area contributed by atoms with Crippen molar-refractivity contribution in [3.05, 3.63) is 69.6 Å². The Morgan fingerprint density at radius 1 is 1.17 bits per heavy atom. The Labute approximate surface area is 143 Å². The van der Waals surface area contributed by atoms with E-state index in [1.54, 1.807) is 43.4 Å². The van der Waals surface area contributed by atoms with Crippen molar-refractivity contribution in [1.29, 1.82) is 0 Å². The zero-order valence-electron chi connectivity index (χ0n) is 12.9. The van der Waals surface area contributed by atoms with E-state index in [-0.39, 0.29) is 18.1 Å². The molecule has 7 heteroatoms. The molecule has 3 rings (SSSR count). The van der Waals surface area contributed by atoms with Gasteiger partial charge in [0, 0.05) is 23.1 Å². The largest absolute Gasteiger partial charge is 0.332 e. The van der Waals surface area contributed by atoms with Crippen molar-refractivity contribution in [3.63, 3.8) is 0 Å². The Bertz CT molecular complexity index is 968. The van der Waals surface area contributed by atoms with Gasteiger partial charge in [-0.2, -0.15) is 5.10 Å². The molecule has 0 fully saturated rings. The second kappa shape index (κ2) is 6.72. The number of urea groups is 1. The van der Waals surface area contributed by atoms with Crippen molar-refractivity contribution < 1.29 is 4.79 Å². The van der Waals surface area contributed by atoms with Gasteiger partial charge in [0.25, 0.3) is 5.56 Å². The molecule has 24 heavy (non-hydrogen) atoms. The average molecular weight is 343 g/mol. The van der Waals surface area contributed by atoms with E-state index in [4.69, 9.17) is 11.6 Å². The quantitative estimate of drug-likeness (QED) is 0.768. The van der Waals surface area contributed by atoms with Gasteiger partial charge in [-0.15, -0.1) is 0 Å². The smallest absolute Gasteiger partial charge is 0.319 e. The van der Waals surface area contributed by atoms with Gasteiger partial charge in [-0.1, -0.05) is 35.9 Å². The Hall–Kier alpha value is -2.86. The minimum atomic E-state index is -0.378. The molecule has 0 saturated carbocycles. The number of aromatic nitrogens is 2. The number of anilines is 1. The van der Waals surface area contributed by atoms with Gasteiger partial charge < -0.3 is 10.6 Å². The molecule has 0 aliphatic rings. The number of hydrogen-bond donors (Lipinski definition) is 2. The second-order valence-corrected chi connectivity index (χ2v) is 5.68. The number of hydrogen-bond acceptors (Lipinski definition) is 3. The molecule has 6 nitrogen and oxygen atoms in total. The molecule has 0 saturated heterocycles. The maximum atomic E-state index is 12.1. The van der Waals surface area contributed by atoms with Gasteiger partial charge >= 0.3 is 6.03 Å². The van der Waals surface area contributed by atoms with Crippen LogP contribution in [-0.4, -0.2) is 15.8 Å². The van der Waals surface area contributed by atoms with Crippen LogP contribution in [0, 0.1) is 0 Å². The summed E-state index contributed by atoms with van der Waals surface area (Å²) >= 11 is 5.88. The molecule has 0 spiro atoms. The van der Waals surface area contributed by atoms with Gasteiger partial charge in [-0.25, -0.2) is 9.48 Å². The number of carbonyl (C=O) groups excluding carboxylic acids is 1. The van der Waals surface area contributed by atoms with Gasteiger partial charge in [0.15, 0.2) is 0 Å². The number of aryl methyl sites for hydroxylation is 1. The summed E-state index contributed by atoms with van der Waals surface area (Å²) in [7, 11) is 1.59. The van der Waals surface area contributed by atoms with Gasteiger partial charge in [-0.05, 0) is 24.3 Å². The molecular weight excluding hydrogens is 328 g/mol. The third kappa shape index (κ3) is 3.38. The fourth-order valence-corrected chi connectivity index (χ4v) is 2.60. The summed E-state index contributed by atoms with van der Waals surface area (Å²) in [6, 6.07) is 13.7. The first-order valence-electron chi connectivity index (χ1n) is 7.30. The molecule has 122 valence electrons. The van der Waals surface area contributed by atoms with Gasteiger partial charge in [0.1, 0.15) is 0 Å². The highest BCUT2D eigenvalue weighted by atomic mass is 35.5. The van der Waals surface area contributed by atoms with Crippen molar-refractivity contribution in [1.82, 2.24) is 15.1 Å². The number of rotatable bonds is 3. The van der Waals surface area contributed by atoms with E-state index in [2.05, 4.69) is 15.7 Å². The molecule has 0 bridgehead atoms. The van der Waals surface area contributed by atoms with Gasteiger partial charge in [0.2, 0.25) is 0 Å². The van der Waals surface area contributed by atoms with Crippen LogP contribution in [0.5, 0.6) is 0 Å². The number of benzene rings is 2. The van der Waals surface area contributed by atoms with Gasteiger partial charge in [0.05, 0.1) is 17.6 Å². The first-order chi connectivity index (χ1) is 11.5. The van der Waals surface area contributed by atoms with E-state index in [1.165, 1.54) is 4.68 Å². The van der Waals surface area contributed by atoms with Crippen LogP contribution in [-0.2, 0) is 13.6 Å². The molecule has 0 atom stereocenters. The SMILES string of the molecule is Cn1nc(CNC(=O)Nc2cccc(Cl)c2)c2ccccc2c1=O. The van der Waals surface area contributed by atoms with Crippen LogP contribution in [0.25, 0.3) is 10.8 Å². The number of halogens is 1. The van der Waals surface area contributed by atoms with Crippen molar-refractivity contribution in [3.8, 4) is 0 Å². The minimum absolute atomic E-state index is 0.169. The molecule has 0 aliphatic carbocycles. The lowest BCUT2D eigenvalue weighted by Crippen LogP contribution is -2.30. The second-order valence-electron chi connectivity index (χ2n) is 5.24. The van der Waals surface area contributed by atoms with E-state index in [0.29, 0.717) is 21.8 Å². The van der Waals surface area contributed by atoms with E-state index in [1.807, 2.05) is 12.1 Å². The predicted octanol–water partition coefficient (Wildman–Crippen LogP) is 2.91. The van der Waals surface area contributed by atoms with Crippen LogP contribution >= 0.6 is 11.6 Å². The van der Waals surface area contributed by atoms with Crippen molar-refractivity contribution in [2.24, 2.45) is 7.05 Å². The molecule has 0 aliphatic heterocycles. The maximum Gasteiger partial charge on any atom is 0.319 e. The molecular formula is C17H15ClN4O2. The lowest BCUT2D eigenvalue weighted by molar-refractivity contribution is 0.251. The minimum Gasteiger partial charge on any atom is -0.332 e. The Kier molecular flexibility index (Phi) is 4.48. The fourth-order valence-electron chi connectivity index (χ4n) is 2.41. The number of nitrogens with zero attached hydrogens (tertiary/aromatic N) is 2. The highest BCUT2D eigenvalue weighted by Crippen LogP contribution is 2.15. The molecule has 1 aromatic heterocycles. The van der Waals surface area contributed by atoms with E-state index in [9.17, 15) is 9.59 Å². The normalized spacial score (nSPS) is 10.6. The zero-order valence-corrected chi connectivity index (χ0v) is 13.7. The lowest BCUT2D eigenvalue weighted by atomic mass is 10.1. The molecule has 2 aromatic carbocycles. The number of carbonyl (C=O) groups is 1. The summed E-state index contributed by atoms with van der Waals surface area (Å²) in [5.74, 6) is 0. The van der Waals surface area contributed by atoms with Crippen molar-refractivity contribution >= 4 is 34.1 Å². The Morgan fingerprint density at radius 2 is 1.92 bits per heavy atom. The zero-order chi connectivity index (χ0) is 17.1. The summed E-state index contributed by atoms with van der Waals surface area (Å²) in [6.07, 6.45) is 0. The average Bonchev–Trinajstić information content (AvgIpc) is 2.57. The summed E-state index contributed by atoms with van der Waals surface area (Å²) < 4.78 is 1.27. The summed E-state index contributed by atoms with van der Waals surface area (Å²) in [5.41, 5.74) is 1.05. The fraction of sp³-hybridized carbons (Fsp3) is 0.118. The molecule has 3 aromatic rings. The molecule has 0 unspecified atom stereocenters. The number of fused-ring (bicyclic) bond motifs is 1. The van der Waals surface area contributed by atoms with Crippen LogP contribution in [0.2, 0.25) is 5.02 Å². The summed E-state index contributed by atoms with van der Waals surface area (Å²) in [6.45, 7) is 0.195. The van der Waals surface area contributed by atoms with Crippen LogP contribution in [0.15, 0.2) is 53.3 Å². The highest BCUT2D eigenvalue weighted by Gasteiger charge is 2.09. The maximum absolute atomic E-state index is 12.1. The number of nitrogens with one attached hydrogen (secondary N) is 2. The summed E-state index contributed by atoms with van der Waals surface area (Å²) in [4.78, 5) is 24.1. The lowest BCUT2D eigenvalue weighted by Gasteiger charge is -2.10. The van der Waals surface area contributed by atoms with Crippen molar-refractivity contribution in [2.75, 3.05) is 5.32 Å². The van der Waals surface area contributed by atoms with E-state index < -0.39 is 0 Å². The monoisotopic (exact) mass is 342 g/mol. The Balaban J connectivity index is 1.77. The third-order valence-electron chi connectivity index (χ3n) is 3.53. The third-order valence-corrected chi connectivity index (χ3v) is 3.77. The Morgan fingerprint density at radius 3 is 2.67 bits per heavy atom. The summed E-state index contributed by atoms with van der Waals surface area (Å²) in [5, 5.41) is 11.5. The molecule has 2 amide bonds. The van der Waals surface area contributed by atoms with Crippen LogP contribution < -0.4 is 16.2 Å². The van der Waals surface area contributed by atoms with E-state index in [0.717, 1.165) is 5.39 Å². The highest BCUT2D eigenvalue weighted by molar-refractivity contribution is 6.30. The standard InChI is InChI=1S/C17H15ClN4O2/c1-22-16(23)14-8-3-2-7-13(14)15(21-22)10-19-17(24)20-12-6-4-5-11(18)9-12/h2-9H,10H2,1H3,(H2,19,20,24).